The normalized spacial score (nSPS) is 31.6. The quantitative estimate of drug-likeness (QED) is 0.0683. The molecule has 1 aromatic carbocycles. The minimum Gasteiger partial charge on any atom is -0.497 e. The number of carbonyl (C=O) groups is 15. The standard InChI is InChI=1S/C66H86O41/c1-26(67)83-21-44-48(89-30(5)71)53(91-32(7)73)59(97-38(13)79)64(102-44)106-50-46(23-85-28(3)69)103-65(60(98-39(14)80)55(50)93-34(9)75)107-51-47(25-87-62-57(95-36(11)77)52(90-31(6)72)43(24-86-62)88-29(4)70)104-66(61(99-40(15)81)56(51)94-35(10)76)105-49-45(22-84-27(2)68)101-63(100-42-19-17-41(82-16)18-20-42)58(96-37(12)78)54(49)92-33(8)74/h17-20,43-66H,21-25H2,1-16H3/t43-,44-,45-,46-,47-,48+,49-,50-,51-,52+,53+,54+,55+,56+,57-,58-,59-,60-,61-,62-,63-,64+,65+,66+/m1/s1. The van der Waals surface area contributed by atoms with Crippen LogP contribution >= 0.6 is 0 Å². The zero-order chi connectivity index (χ0) is 79.4. The zero-order valence-corrected chi connectivity index (χ0v) is 60.9. The van der Waals surface area contributed by atoms with Crippen molar-refractivity contribution in [2.75, 3.05) is 40.1 Å². The molecule has 0 aromatic heterocycles. The van der Waals surface area contributed by atoms with E-state index in [1.807, 2.05) is 0 Å². The summed E-state index contributed by atoms with van der Waals surface area (Å²) in [6, 6.07) is 5.84. The Balaban J connectivity index is 1.60. The van der Waals surface area contributed by atoms with Crippen molar-refractivity contribution < 1.29 is 195 Å². The molecular formula is C66H86O41. The summed E-state index contributed by atoms with van der Waals surface area (Å²) in [5.41, 5.74) is 0. The van der Waals surface area contributed by atoms with Crippen LogP contribution in [0, 0.1) is 0 Å². The third-order valence-electron chi connectivity index (χ3n) is 15.4. The maximum absolute atomic E-state index is 13.9. The largest absolute Gasteiger partial charge is 0.497 e. The van der Waals surface area contributed by atoms with E-state index in [1.165, 1.54) is 31.4 Å². The fraction of sp³-hybridized carbons (Fsp3) is 0.682. The van der Waals surface area contributed by atoms with Gasteiger partial charge >= 0.3 is 89.5 Å². The van der Waals surface area contributed by atoms with Crippen molar-refractivity contribution in [1.82, 2.24) is 0 Å². The predicted octanol–water partition coefficient (Wildman–Crippen LogP) is -0.628. The maximum Gasteiger partial charge on any atom is 0.303 e. The number of ether oxygens (including phenoxy) is 26. The van der Waals surface area contributed by atoms with Crippen molar-refractivity contribution in [2.24, 2.45) is 0 Å². The lowest BCUT2D eigenvalue weighted by atomic mass is 9.94. The molecule has 5 aliphatic rings. The summed E-state index contributed by atoms with van der Waals surface area (Å²) < 4.78 is 154. The van der Waals surface area contributed by atoms with Crippen LogP contribution in [0.3, 0.4) is 0 Å². The van der Waals surface area contributed by atoms with E-state index in [0.717, 1.165) is 104 Å². The molecule has 107 heavy (non-hydrogen) atoms. The first kappa shape index (κ1) is 86.4. The van der Waals surface area contributed by atoms with E-state index in [9.17, 15) is 71.9 Å². The Morgan fingerprint density at radius 3 is 0.850 bits per heavy atom. The van der Waals surface area contributed by atoms with Crippen molar-refractivity contribution >= 4 is 89.5 Å². The van der Waals surface area contributed by atoms with E-state index >= 15 is 0 Å². The molecule has 5 heterocycles. The number of rotatable bonds is 30. The summed E-state index contributed by atoms with van der Waals surface area (Å²) in [5.74, 6) is -15.5. The van der Waals surface area contributed by atoms with Crippen LogP contribution in [0.4, 0.5) is 0 Å². The fourth-order valence-electron chi connectivity index (χ4n) is 11.8. The minimum atomic E-state index is -2.36. The molecule has 0 N–H and O–H groups in total. The number of esters is 15. The van der Waals surface area contributed by atoms with E-state index in [-0.39, 0.29) is 5.75 Å². The lowest BCUT2D eigenvalue weighted by molar-refractivity contribution is -0.390. The van der Waals surface area contributed by atoms with Crippen LogP contribution in [0.15, 0.2) is 24.3 Å². The first-order chi connectivity index (χ1) is 50.3. The summed E-state index contributed by atoms with van der Waals surface area (Å²) in [5, 5.41) is 0. The topological polar surface area (TPSA) is 496 Å². The highest BCUT2D eigenvalue weighted by atomic mass is 16.8. The van der Waals surface area contributed by atoms with Crippen LogP contribution in [-0.4, -0.2) is 277 Å². The average molecular weight is 1540 g/mol. The molecule has 6 rings (SSSR count). The smallest absolute Gasteiger partial charge is 0.303 e. The molecule has 41 nitrogen and oxygen atoms in total. The van der Waals surface area contributed by atoms with Crippen LogP contribution < -0.4 is 9.47 Å². The number of hydrogen-bond acceptors (Lipinski definition) is 41. The molecule has 0 spiro atoms. The minimum absolute atomic E-state index is 0.0444. The lowest BCUT2D eigenvalue weighted by Gasteiger charge is -2.51. The van der Waals surface area contributed by atoms with Gasteiger partial charge in [0.1, 0.15) is 74.0 Å². The van der Waals surface area contributed by atoms with E-state index in [4.69, 9.17) is 123 Å². The Labute approximate surface area is 610 Å². The molecule has 41 heteroatoms. The van der Waals surface area contributed by atoms with Crippen LogP contribution in [-0.2, 0) is 186 Å². The van der Waals surface area contributed by atoms with Gasteiger partial charge in [0.15, 0.2) is 92.3 Å². The molecule has 24 atom stereocenters. The van der Waals surface area contributed by atoms with Gasteiger partial charge in [-0.2, -0.15) is 0 Å². The van der Waals surface area contributed by atoms with E-state index in [1.54, 1.807) is 0 Å². The van der Waals surface area contributed by atoms with E-state index in [2.05, 4.69) is 0 Å². The summed E-state index contributed by atoms with van der Waals surface area (Å²) in [4.78, 5) is 196. The van der Waals surface area contributed by atoms with Crippen LogP contribution in [0.1, 0.15) is 104 Å². The Morgan fingerprint density at radius 1 is 0.280 bits per heavy atom. The number of hydrogen-bond donors (Lipinski definition) is 0. The second-order valence-corrected chi connectivity index (χ2v) is 24.2. The van der Waals surface area contributed by atoms with Crippen molar-refractivity contribution in [1.29, 1.82) is 0 Å². The van der Waals surface area contributed by atoms with Gasteiger partial charge in [-0.05, 0) is 24.3 Å². The van der Waals surface area contributed by atoms with Crippen LogP contribution in [0.5, 0.6) is 11.5 Å². The number of methoxy groups -OCH3 is 1. The highest BCUT2D eigenvalue weighted by Gasteiger charge is 2.62. The van der Waals surface area contributed by atoms with E-state index in [0.29, 0.717) is 5.75 Å². The highest BCUT2D eigenvalue weighted by molar-refractivity contribution is 5.72. The second kappa shape index (κ2) is 39.9. The monoisotopic (exact) mass is 1530 g/mol. The van der Waals surface area contributed by atoms with Gasteiger partial charge in [0.2, 0.25) is 12.4 Å². The lowest BCUT2D eigenvalue weighted by Crippen LogP contribution is -2.70. The molecule has 0 saturated carbocycles. The molecular weight excluding hydrogens is 1450 g/mol. The van der Waals surface area contributed by atoms with Gasteiger partial charge in [-0.1, -0.05) is 0 Å². The summed E-state index contributed by atoms with van der Waals surface area (Å²) in [7, 11) is 1.39. The van der Waals surface area contributed by atoms with Crippen LogP contribution in [0.2, 0.25) is 0 Å². The van der Waals surface area contributed by atoms with Crippen molar-refractivity contribution in [3.05, 3.63) is 24.3 Å². The first-order valence-electron chi connectivity index (χ1n) is 32.9. The molecule has 0 unspecified atom stereocenters. The Bertz CT molecular complexity index is 3340. The van der Waals surface area contributed by atoms with E-state index < -0.39 is 270 Å². The summed E-state index contributed by atoms with van der Waals surface area (Å²) in [6.07, 6.45) is -47.7. The molecule has 5 fully saturated rings. The van der Waals surface area contributed by atoms with Crippen molar-refractivity contribution in [2.45, 2.75) is 251 Å². The number of benzene rings is 1. The van der Waals surface area contributed by atoms with Crippen molar-refractivity contribution in [3.8, 4) is 11.5 Å². The molecule has 5 saturated heterocycles. The maximum atomic E-state index is 13.9. The third kappa shape index (κ3) is 25.6. The zero-order valence-electron chi connectivity index (χ0n) is 60.9. The Kier molecular flexibility index (Phi) is 32.2. The van der Waals surface area contributed by atoms with Gasteiger partial charge in [0, 0.05) is 104 Å². The third-order valence-corrected chi connectivity index (χ3v) is 15.4. The van der Waals surface area contributed by atoms with Gasteiger partial charge in [0.05, 0.1) is 20.3 Å². The first-order valence-corrected chi connectivity index (χ1v) is 32.9. The number of carbonyl (C=O) groups excluding carboxylic acids is 15. The second-order valence-electron chi connectivity index (χ2n) is 24.2. The van der Waals surface area contributed by atoms with Gasteiger partial charge in [-0.3, -0.25) is 71.9 Å². The summed E-state index contributed by atoms with van der Waals surface area (Å²) >= 11 is 0. The molecule has 5 aliphatic heterocycles. The average Bonchev–Trinajstić information content (AvgIpc) is 0.760. The van der Waals surface area contributed by atoms with Gasteiger partial charge in [0.25, 0.3) is 0 Å². The molecule has 0 amide bonds. The molecule has 0 aliphatic carbocycles. The SMILES string of the molecule is COc1ccc(O[C@@H]2O[C@H](COC(C)=O)[C@@H](O[C@@H]3O[C@H](CO[C@H]4OC[C@@H](OC(C)=O)[C@H](OC(C)=O)[C@H]4OC(C)=O)[C@@H](O[C@@H]4O[C@H](COC(C)=O)[C@@H](O[C@@H]5O[C@H](COC(C)=O)[C@H](OC(C)=O)[C@H](OC(C)=O)[C@H]5OC(C)=O)[C@H](OC(C)=O)[C@H]4OC(C)=O)[C@H](OC(C)=O)[C@H]3OC(C)=O)[C@H](OC(C)=O)[C@H]2OC(C)=O)cc1. The van der Waals surface area contributed by atoms with Crippen LogP contribution in [0.25, 0.3) is 0 Å². The molecule has 0 bridgehead atoms. The summed E-state index contributed by atoms with van der Waals surface area (Å²) in [6.45, 7) is 9.73. The van der Waals surface area contributed by atoms with Gasteiger partial charge < -0.3 is 123 Å². The Hall–Kier alpha value is -9.49. The fourth-order valence-corrected chi connectivity index (χ4v) is 11.8. The van der Waals surface area contributed by atoms with Crippen molar-refractivity contribution in [3.63, 3.8) is 0 Å². The Morgan fingerprint density at radius 2 is 0.533 bits per heavy atom. The van der Waals surface area contributed by atoms with Gasteiger partial charge in [-0.25, -0.2) is 0 Å². The molecule has 596 valence electrons. The molecule has 0 radical (unpaired) electrons. The van der Waals surface area contributed by atoms with Gasteiger partial charge in [-0.15, -0.1) is 0 Å². The molecule has 1 aromatic rings. The highest BCUT2D eigenvalue weighted by Crippen LogP contribution is 2.41. The predicted molar refractivity (Wildman–Crippen MR) is 335 cm³/mol.